The minimum atomic E-state index is -1.07. The Morgan fingerprint density at radius 1 is 1.17 bits per heavy atom. The maximum Gasteiger partial charge on any atom is 0.341 e. The van der Waals surface area contributed by atoms with Gasteiger partial charge in [-0.1, -0.05) is 35.3 Å². The van der Waals surface area contributed by atoms with Crippen LogP contribution in [-0.4, -0.2) is 18.0 Å². The molecule has 122 valence electrons. The summed E-state index contributed by atoms with van der Waals surface area (Å²) >= 11 is 11.9. The Balaban J connectivity index is 2.06. The van der Waals surface area contributed by atoms with Crippen molar-refractivity contribution >= 4 is 40.8 Å². The fourth-order valence-electron chi connectivity index (χ4n) is 1.88. The highest BCUT2D eigenvalue weighted by Crippen LogP contribution is 2.25. The van der Waals surface area contributed by atoms with Crippen LogP contribution in [0.25, 0.3) is 0 Å². The topological polar surface area (TPSA) is 79.2 Å². The molecule has 0 fully saturated rings. The van der Waals surface area contributed by atoms with Crippen LogP contribution < -0.4 is 5.32 Å². The summed E-state index contributed by atoms with van der Waals surface area (Å²) in [7, 11) is 0. The number of rotatable bonds is 4. The van der Waals surface area contributed by atoms with Crippen molar-refractivity contribution in [2.24, 2.45) is 0 Å². The highest BCUT2D eigenvalue weighted by Gasteiger charge is 2.22. The summed E-state index contributed by atoms with van der Waals surface area (Å²) in [4.78, 5) is 24.3. The molecular weight excluding hydrogens is 351 g/mol. The average Bonchev–Trinajstić information content (AvgIpc) is 2.54. The molecule has 1 N–H and O–H groups in total. The van der Waals surface area contributed by atoms with Crippen molar-refractivity contribution in [1.29, 1.82) is 5.26 Å². The highest BCUT2D eigenvalue weighted by molar-refractivity contribution is 6.39. The van der Waals surface area contributed by atoms with E-state index in [0.29, 0.717) is 11.3 Å². The zero-order valence-corrected chi connectivity index (χ0v) is 14.1. The minimum absolute atomic E-state index is 0.00645. The summed E-state index contributed by atoms with van der Waals surface area (Å²) in [5.74, 6) is -1.33. The quantitative estimate of drug-likeness (QED) is 0.832. The van der Waals surface area contributed by atoms with Gasteiger partial charge < -0.3 is 10.1 Å². The van der Waals surface area contributed by atoms with Crippen LogP contribution in [0.4, 0.5) is 5.69 Å². The van der Waals surface area contributed by atoms with Gasteiger partial charge >= 0.3 is 5.97 Å². The lowest BCUT2D eigenvalue weighted by Gasteiger charge is -2.14. The van der Waals surface area contributed by atoms with E-state index in [1.54, 1.807) is 24.3 Å². The molecule has 0 heterocycles. The summed E-state index contributed by atoms with van der Waals surface area (Å²) in [6.45, 7) is 1.42. The molecule has 2 rings (SSSR count). The van der Waals surface area contributed by atoms with E-state index in [2.05, 4.69) is 5.32 Å². The second-order valence-electron chi connectivity index (χ2n) is 4.83. The molecule has 0 saturated carbocycles. The first-order valence-electron chi connectivity index (χ1n) is 6.88. The van der Waals surface area contributed by atoms with Crippen LogP contribution >= 0.6 is 23.2 Å². The SMILES string of the molecule is C[C@@H](OC(=O)c1c(Cl)cccc1Cl)C(=O)Nc1cccc(C#N)c1. The number of esters is 1. The Kier molecular flexibility index (Phi) is 5.80. The molecule has 5 nitrogen and oxygen atoms in total. The molecule has 1 atom stereocenters. The first-order valence-corrected chi connectivity index (χ1v) is 7.64. The minimum Gasteiger partial charge on any atom is -0.449 e. The zero-order chi connectivity index (χ0) is 17.7. The van der Waals surface area contributed by atoms with E-state index in [-0.39, 0.29) is 15.6 Å². The molecule has 0 aliphatic carbocycles. The Morgan fingerprint density at radius 2 is 1.79 bits per heavy atom. The van der Waals surface area contributed by atoms with Crippen molar-refractivity contribution < 1.29 is 14.3 Å². The van der Waals surface area contributed by atoms with Crippen molar-refractivity contribution in [3.63, 3.8) is 0 Å². The number of hydrogen-bond acceptors (Lipinski definition) is 4. The van der Waals surface area contributed by atoms with Crippen molar-refractivity contribution in [1.82, 2.24) is 0 Å². The van der Waals surface area contributed by atoms with E-state index in [0.717, 1.165) is 0 Å². The lowest BCUT2D eigenvalue weighted by Crippen LogP contribution is -2.30. The van der Waals surface area contributed by atoms with E-state index in [4.69, 9.17) is 33.2 Å². The lowest BCUT2D eigenvalue weighted by atomic mass is 10.2. The number of nitrogens with zero attached hydrogens (tertiary/aromatic N) is 1. The molecule has 2 aromatic carbocycles. The number of ether oxygens (including phenoxy) is 1. The van der Waals surface area contributed by atoms with E-state index in [1.165, 1.54) is 25.1 Å². The standard InChI is InChI=1S/C17H12Cl2N2O3/c1-10(16(22)21-12-5-2-4-11(8-12)9-20)24-17(23)15-13(18)6-3-7-14(15)19/h2-8,10H,1H3,(H,21,22)/t10-/m1/s1. The van der Waals surface area contributed by atoms with Gasteiger partial charge in [-0.3, -0.25) is 4.79 Å². The number of nitrogens with one attached hydrogen (secondary N) is 1. The molecule has 0 unspecified atom stereocenters. The van der Waals surface area contributed by atoms with Crippen LogP contribution in [0.3, 0.4) is 0 Å². The van der Waals surface area contributed by atoms with Crippen LogP contribution in [-0.2, 0) is 9.53 Å². The first kappa shape index (κ1) is 17.8. The van der Waals surface area contributed by atoms with E-state index >= 15 is 0 Å². The Labute approximate surface area is 148 Å². The van der Waals surface area contributed by atoms with Gasteiger partial charge in [-0.05, 0) is 37.3 Å². The van der Waals surface area contributed by atoms with Gasteiger partial charge in [0.1, 0.15) is 0 Å². The summed E-state index contributed by atoms with van der Waals surface area (Å²) in [6.07, 6.45) is -1.07. The molecule has 0 aliphatic rings. The number of carbonyl (C=O) groups excluding carboxylic acids is 2. The zero-order valence-electron chi connectivity index (χ0n) is 12.5. The van der Waals surface area contributed by atoms with Gasteiger partial charge in [0.15, 0.2) is 6.10 Å². The van der Waals surface area contributed by atoms with Crippen molar-refractivity contribution in [3.8, 4) is 6.07 Å². The number of anilines is 1. The molecule has 0 bridgehead atoms. The highest BCUT2D eigenvalue weighted by atomic mass is 35.5. The van der Waals surface area contributed by atoms with Crippen LogP contribution in [0.2, 0.25) is 10.0 Å². The van der Waals surface area contributed by atoms with Crippen molar-refractivity contribution in [2.45, 2.75) is 13.0 Å². The fraction of sp³-hybridized carbons (Fsp3) is 0.118. The second-order valence-corrected chi connectivity index (χ2v) is 5.64. The summed E-state index contributed by atoms with van der Waals surface area (Å²) in [5.41, 5.74) is 0.838. The summed E-state index contributed by atoms with van der Waals surface area (Å²) in [6, 6.07) is 12.9. The smallest absolute Gasteiger partial charge is 0.341 e. The van der Waals surface area contributed by atoms with Crippen molar-refractivity contribution in [3.05, 3.63) is 63.6 Å². The molecule has 0 spiro atoms. The van der Waals surface area contributed by atoms with Gasteiger partial charge in [0, 0.05) is 5.69 Å². The number of hydrogen-bond donors (Lipinski definition) is 1. The normalized spacial score (nSPS) is 11.2. The predicted octanol–water partition coefficient (Wildman–Crippen LogP) is 4.05. The monoisotopic (exact) mass is 362 g/mol. The molecular formula is C17H12Cl2N2O3. The largest absolute Gasteiger partial charge is 0.449 e. The number of halogens is 2. The molecule has 0 aliphatic heterocycles. The third-order valence-electron chi connectivity index (χ3n) is 3.08. The molecule has 0 saturated heterocycles. The molecule has 2 aromatic rings. The van der Waals surface area contributed by atoms with Gasteiger partial charge in [-0.15, -0.1) is 0 Å². The van der Waals surface area contributed by atoms with E-state index in [9.17, 15) is 9.59 Å². The molecule has 7 heteroatoms. The molecule has 0 radical (unpaired) electrons. The Bertz CT molecular complexity index is 811. The third-order valence-corrected chi connectivity index (χ3v) is 3.71. The van der Waals surface area contributed by atoms with Gasteiger partial charge in [-0.25, -0.2) is 4.79 Å². The van der Waals surface area contributed by atoms with Crippen LogP contribution in [0.1, 0.15) is 22.8 Å². The van der Waals surface area contributed by atoms with Crippen LogP contribution in [0.5, 0.6) is 0 Å². The number of amides is 1. The summed E-state index contributed by atoms with van der Waals surface area (Å²) < 4.78 is 5.10. The van der Waals surface area contributed by atoms with Gasteiger partial charge in [0.05, 0.1) is 27.2 Å². The number of benzene rings is 2. The predicted molar refractivity (Wildman–Crippen MR) is 91.1 cm³/mol. The first-order chi connectivity index (χ1) is 11.4. The fourth-order valence-corrected chi connectivity index (χ4v) is 2.43. The van der Waals surface area contributed by atoms with Gasteiger partial charge in [0.2, 0.25) is 0 Å². The second kappa shape index (κ2) is 7.82. The Morgan fingerprint density at radius 3 is 2.42 bits per heavy atom. The maximum atomic E-state index is 12.1. The number of nitriles is 1. The molecule has 24 heavy (non-hydrogen) atoms. The van der Waals surface area contributed by atoms with E-state index < -0.39 is 18.0 Å². The van der Waals surface area contributed by atoms with Crippen LogP contribution in [0.15, 0.2) is 42.5 Å². The van der Waals surface area contributed by atoms with Gasteiger partial charge in [-0.2, -0.15) is 5.26 Å². The lowest BCUT2D eigenvalue weighted by molar-refractivity contribution is -0.123. The Hall–Kier alpha value is -2.55. The number of carbonyl (C=O) groups is 2. The van der Waals surface area contributed by atoms with Crippen LogP contribution in [0, 0.1) is 11.3 Å². The third kappa shape index (κ3) is 4.25. The molecule has 0 aromatic heterocycles. The van der Waals surface area contributed by atoms with Crippen molar-refractivity contribution in [2.75, 3.05) is 5.32 Å². The average molecular weight is 363 g/mol. The van der Waals surface area contributed by atoms with Gasteiger partial charge in [0.25, 0.3) is 5.91 Å². The van der Waals surface area contributed by atoms with E-state index in [1.807, 2.05) is 6.07 Å². The summed E-state index contributed by atoms with van der Waals surface area (Å²) in [5, 5.41) is 11.7. The maximum absolute atomic E-state index is 12.1. The molecule has 1 amide bonds.